The summed E-state index contributed by atoms with van der Waals surface area (Å²) in [5.41, 5.74) is 2.81. The summed E-state index contributed by atoms with van der Waals surface area (Å²) in [4.78, 5) is 13.2. The van der Waals surface area contributed by atoms with Crippen LogP contribution in [0, 0.1) is 0 Å². The maximum Gasteiger partial charge on any atom is 0.193 e. The van der Waals surface area contributed by atoms with Crippen molar-refractivity contribution in [1.82, 2.24) is 0 Å². The van der Waals surface area contributed by atoms with Gasteiger partial charge in [0.1, 0.15) is 17.2 Å². The van der Waals surface area contributed by atoms with Crippen LogP contribution in [-0.4, -0.2) is 25.1 Å². The Balaban J connectivity index is 1.84. The number of benzene rings is 4. The molecule has 0 aliphatic carbocycles. The van der Waals surface area contributed by atoms with Crippen molar-refractivity contribution in [3.63, 3.8) is 0 Å². The highest BCUT2D eigenvalue weighted by atomic mass is 16.5. The zero-order valence-electron chi connectivity index (χ0n) is 16.2. The van der Waals surface area contributed by atoms with Gasteiger partial charge in [-0.05, 0) is 82.6 Å². The standard InChI is InChI=1S/C25H20O4/c1-28-21-10-7-17-13-19(4-3-18(17)14-21)23-12-11-22(29-2)15-24(23)25(27)16-5-8-20(26)9-6-16/h3-15,26H,1-2H3. The van der Waals surface area contributed by atoms with Crippen molar-refractivity contribution in [1.29, 1.82) is 0 Å². The third-order valence-corrected chi connectivity index (χ3v) is 4.96. The van der Waals surface area contributed by atoms with Gasteiger partial charge in [0.15, 0.2) is 5.78 Å². The molecule has 0 saturated heterocycles. The highest BCUT2D eigenvalue weighted by molar-refractivity contribution is 6.13. The summed E-state index contributed by atoms with van der Waals surface area (Å²) < 4.78 is 10.6. The topological polar surface area (TPSA) is 55.8 Å². The first-order chi connectivity index (χ1) is 14.1. The van der Waals surface area contributed by atoms with E-state index in [0.29, 0.717) is 16.9 Å². The number of fused-ring (bicyclic) bond motifs is 1. The van der Waals surface area contributed by atoms with Gasteiger partial charge in [-0.15, -0.1) is 0 Å². The minimum absolute atomic E-state index is 0.123. The number of methoxy groups -OCH3 is 2. The number of hydrogen-bond acceptors (Lipinski definition) is 4. The molecular formula is C25H20O4. The van der Waals surface area contributed by atoms with Crippen LogP contribution in [0.15, 0.2) is 78.9 Å². The fourth-order valence-electron chi connectivity index (χ4n) is 3.38. The highest BCUT2D eigenvalue weighted by Crippen LogP contribution is 2.32. The molecule has 4 aromatic rings. The van der Waals surface area contributed by atoms with Crippen molar-refractivity contribution in [2.45, 2.75) is 0 Å². The molecule has 29 heavy (non-hydrogen) atoms. The summed E-state index contributed by atoms with van der Waals surface area (Å²) in [7, 11) is 3.22. The summed E-state index contributed by atoms with van der Waals surface area (Å²) in [5.74, 6) is 1.41. The average Bonchev–Trinajstić information content (AvgIpc) is 2.78. The lowest BCUT2D eigenvalue weighted by molar-refractivity contribution is 0.103. The monoisotopic (exact) mass is 384 g/mol. The lowest BCUT2D eigenvalue weighted by Gasteiger charge is -2.12. The molecule has 0 spiro atoms. The quantitative estimate of drug-likeness (QED) is 0.464. The Bertz CT molecular complexity index is 1190. The zero-order chi connectivity index (χ0) is 20.4. The van der Waals surface area contributed by atoms with Crippen molar-refractivity contribution in [3.05, 3.63) is 90.0 Å². The van der Waals surface area contributed by atoms with E-state index in [4.69, 9.17) is 9.47 Å². The number of phenols is 1. The fraction of sp³-hybridized carbons (Fsp3) is 0.0800. The van der Waals surface area contributed by atoms with Gasteiger partial charge in [0.2, 0.25) is 0 Å². The summed E-state index contributed by atoms with van der Waals surface area (Å²) in [5, 5.41) is 11.6. The van der Waals surface area contributed by atoms with Crippen LogP contribution in [0.1, 0.15) is 15.9 Å². The Hall–Kier alpha value is -3.79. The van der Waals surface area contributed by atoms with E-state index in [9.17, 15) is 9.90 Å². The molecule has 0 aliphatic heterocycles. The molecule has 0 amide bonds. The lowest BCUT2D eigenvalue weighted by atomic mass is 9.92. The van der Waals surface area contributed by atoms with Gasteiger partial charge < -0.3 is 14.6 Å². The Labute approximate surface area is 169 Å². The highest BCUT2D eigenvalue weighted by Gasteiger charge is 2.17. The number of phenolic OH excluding ortho intramolecular Hbond substituents is 1. The summed E-state index contributed by atoms with van der Waals surface area (Å²) >= 11 is 0. The Morgan fingerprint density at radius 2 is 1.34 bits per heavy atom. The van der Waals surface area contributed by atoms with Gasteiger partial charge in [0.25, 0.3) is 0 Å². The van der Waals surface area contributed by atoms with Gasteiger partial charge in [-0.3, -0.25) is 4.79 Å². The maximum atomic E-state index is 13.2. The molecule has 0 atom stereocenters. The van der Waals surface area contributed by atoms with Crippen molar-refractivity contribution >= 4 is 16.6 Å². The molecule has 0 aromatic heterocycles. The van der Waals surface area contributed by atoms with Gasteiger partial charge in [-0.2, -0.15) is 0 Å². The first-order valence-electron chi connectivity index (χ1n) is 9.19. The minimum Gasteiger partial charge on any atom is -0.508 e. The molecule has 4 heteroatoms. The summed E-state index contributed by atoms with van der Waals surface area (Å²) in [6.07, 6.45) is 0. The Morgan fingerprint density at radius 1 is 0.724 bits per heavy atom. The van der Waals surface area contributed by atoms with E-state index in [2.05, 4.69) is 6.07 Å². The van der Waals surface area contributed by atoms with Gasteiger partial charge in [0.05, 0.1) is 14.2 Å². The first kappa shape index (κ1) is 18.6. The van der Waals surface area contributed by atoms with E-state index in [0.717, 1.165) is 27.6 Å². The molecule has 0 unspecified atom stereocenters. The second-order valence-electron chi connectivity index (χ2n) is 6.72. The molecular weight excluding hydrogens is 364 g/mol. The molecule has 1 N–H and O–H groups in total. The molecule has 0 aliphatic rings. The number of rotatable bonds is 5. The molecule has 144 valence electrons. The second-order valence-corrected chi connectivity index (χ2v) is 6.72. The predicted molar refractivity (Wildman–Crippen MR) is 114 cm³/mol. The van der Waals surface area contributed by atoms with Crippen molar-refractivity contribution in [2.75, 3.05) is 14.2 Å². The van der Waals surface area contributed by atoms with Gasteiger partial charge in [-0.1, -0.05) is 18.2 Å². The average molecular weight is 384 g/mol. The molecule has 4 nitrogen and oxygen atoms in total. The summed E-state index contributed by atoms with van der Waals surface area (Å²) in [6, 6.07) is 23.7. The Morgan fingerprint density at radius 3 is 2.07 bits per heavy atom. The van der Waals surface area contributed by atoms with Crippen molar-refractivity contribution in [2.24, 2.45) is 0 Å². The van der Waals surface area contributed by atoms with E-state index < -0.39 is 0 Å². The van der Waals surface area contributed by atoms with Crippen LogP contribution >= 0.6 is 0 Å². The van der Waals surface area contributed by atoms with Crippen LogP contribution in [0.3, 0.4) is 0 Å². The predicted octanol–water partition coefficient (Wildman–Crippen LogP) is 5.46. The van der Waals surface area contributed by atoms with Crippen LogP contribution < -0.4 is 9.47 Å². The summed E-state index contributed by atoms with van der Waals surface area (Å²) in [6.45, 7) is 0. The van der Waals surface area contributed by atoms with E-state index in [-0.39, 0.29) is 11.5 Å². The molecule has 4 aromatic carbocycles. The Kier molecular flexibility index (Phi) is 4.92. The molecule has 0 saturated carbocycles. The van der Waals surface area contributed by atoms with E-state index in [1.54, 1.807) is 32.4 Å². The maximum absolute atomic E-state index is 13.2. The normalized spacial score (nSPS) is 10.7. The fourth-order valence-corrected chi connectivity index (χ4v) is 3.38. The third-order valence-electron chi connectivity index (χ3n) is 4.96. The SMILES string of the molecule is COc1ccc(-c2ccc3cc(OC)ccc3c2)c(C(=O)c2ccc(O)cc2)c1. The molecule has 4 rings (SSSR count). The molecule has 0 heterocycles. The van der Waals surface area contributed by atoms with E-state index >= 15 is 0 Å². The van der Waals surface area contributed by atoms with E-state index in [1.165, 1.54) is 12.1 Å². The number of ketones is 1. The number of carbonyl (C=O) groups excluding carboxylic acids is 1. The molecule has 0 fully saturated rings. The van der Waals surface area contributed by atoms with Crippen molar-refractivity contribution in [3.8, 4) is 28.4 Å². The van der Waals surface area contributed by atoms with Crippen LogP contribution in [0.4, 0.5) is 0 Å². The lowest BCUT2D eigenvalue weighted by Crippen LogP contribution is -2.04. The number of hydrogen-bond donors (Lipinski definition) is 1. The number of aromatic hydroxyl groups is 1. The molecule has 0 radical (unpaired) electrons. The molecule has 0 bridgehead atoms. The second kappa shape index (κ2) is 7.68. The third kappa shape index (κ3) is 3.65. The number of carbonyl (C=O) groups is 1. The van der Waals surface area contributed by atoms with Crippen molar-refractivity contribution < 1.29 is 19.4 Å². The minimum atomic E-state index is -0.131. The van der Waals surface area contributed by atoms with E-state index in [1.807, 2.05) is 42.5 Å². The van der Waals surface area contributed by atoms with Gasteiger partial charge in [-0.25, -0.2) is 0 Å². The first-order valence-corrected chi connectivity index (χ1v) is 9.19. The largest absolute Gasteiger partial charge is 0.508 e. The van der Waals surface area contributed by atoms with Crippen LogP contribution in [0.25, 0.3) is 21.9 Å². The van der Waals surface area contributed by atoms with Crippen LogP contribution in [-0.2, 0) is 0 Å². The smallest absolute Gasteiger partial charge is 0.193 e. The van der Waals surface area contributed by atoms with Gasteiger partial charge in [0, 0.05) is 11.1 Å². The van der Waals surface area contributed by atoms with Crippen LogP contribution in [0.5, 0.6) is 17.2 Å². The van der Waals surface area contributed by atoms with Gasteiger partial charge >= 0.3 is 0 Å². The zero-order valence-corrected chi connectivity index (χ0v) is 16.2. The van der Waals surface area contributed by atoms with Crippen LogP contribution in [0.2, 0.25) is 0 Å². The number of ether oxygens (including phenoxy) is 2.